The molecule has 0 saturated carbocycles. The van der Waals surface area contributed by atoms with Gasteiger partial charge in [-0.15, -0.1) is 0 Å². The lowest BCUT2D eigenvalue weighted by atomic mass is 9.96. The monoisotopic (exact) mass is 296 g/mol. The zero-order chi connectivity index (χ0) is 14.6. The van der Waals surface area contributed by atoms with Crippen LogP contribution in [0.1, 0.15) is 45.9 Å². The summed E-state index contributed by atoms with van der Waals surface area (Å²) in [5.41, 5.74) is -0.0864. The lowest BCUT2D eigenvalue weighted by Gasteiger charge is -2.18. The molecule has 0 aromatic carbocycles. The maximum absolute atomic E-state index is 6.07. The highest BCUT2D eigenvalue weighted by Crippen LogP contribution is 2.22. The second-order valence-corrected chi connectivity index (χ2v) is 6.87. The van der Waals surface area contributed by atoms with E-state index in [0.29, 0.717) is 5.15 Å². The molecule has 1 aromatic heterocycles. The summed E-state index contributed by atoms with van der Waals surface area (Å²) in [5.74, 6) is 1.61. The fraction of sp³-hybridized carbons (Fsp3) is 0.733. The van der Waals surface area contributed by atoms with Gasteiger partial charge < -0.3 is 10.2 Å². The molecule has 1 fully saturated rings. The highest BCUT2D eigenvalue weighted by Gasteiger charge is 2.18. The summed E-state index contributed by atoms with van der Waals surface area (Å²) >= 11 is 6.07. The Balaban J connectivity index is 1.84. The third kappa shape index (κ3) is 4.60. The Labute approximate surface area is 126 Å². The Hall–Kier alpha value is -0.870. The van der Waals surface area contributed by atoms with Crippen molar-refractivity contribution in [2.75, 3.05) is 31.5 Å². The van der Waals surface area contributed by atoms with Crippen LogP contribution >= 0.6 is 11.6 Å². The van der Waals surface area contributed by atoms with E-state index in [0.717, 1.165) is 31.2 Å². The van der Waals surface area contributed by atoms with Crippen LogP contribution in [0.4, 0.5) is 5.82 Å². The average Bonchev–Trinajstić information content (AvgIpc) is 2.86. The van der Waals surface area contributed by atoms with Crippen molar-refractivity contribution in [1.82, 2.24) is 14.9 Å². The van der Waals surface area contributed by atoms with Gasteiger partial charge in [-0.2, -0.15) is 0 Å². The smallest absolute Gasteiger partial charge is 0.137 e. The largest absolute Gasteiger partial charge is 0.370 e. The Bertz CT molecular complexity index is 436. The normalized spacial score (nSPS) is 16.6. The molecule has 2 heterocycles. The van der Waals surface area contributed by atoms with E-state index in [2.05, 4.69) is 41.0 Å². The Kier molecular flexibility index (Phi) is 5.22. The van der Waals surface area contributed by atoms with Crippen LogP contribution in [-0.4, -0.2) is 41.0 Å². The number of nitrogens with zero attached hydrogens (tertiary/aromatic N) is 3. The SMILES string of the molecule is CC(C)(C)c1nc(Cl)cc(NCCCN2CCCC2)n1. The van der Waals surface area contributed by atoms with Crippen molar-refractivity contribution < 1.29 is 0 Å². The van der Waals surface area contributed by atoms with Gasteiger partial charge in [0, 0.05) is 18.0 Å². The summed E-state index contributed by atoms with van der Waals surface area (Å²) < 4.78 is 0. The van der Waals surface area contributed by atoms with Crippen LogP contribution in [0.3, 0.4) is 0 Å². The van der Waals surface area contributed by atoms with Crippen LogP contribution in [0.15, 0.2) is 6.07 Å². The molecule has 0 radical (unpaired) electrons. The van der Waals surface area contributed by atoms with E-state index in [1.165, 1.54) is 25.9 Å². The van der Waals surface area contributed by atoms with E-state index >= 15 is 0 Å². The first-order valence-electron chi connectivity index (χ1n) is 7.46. The molecule has 0 amide bonds. The zero-order valence-electron chi connectivity index (χ0n) is 12.7. The van der Waals surface area contributed by atoms with Crippen molar-refractivity contribution >= 4 is 17.4 Å². The summed E-state index contributed by atoms with van der Waals surface area (Å²) in [7, 11) is 0. The van der Waals surface area contributed by atoms with Gasteiger partial charge in [0.05, 0.1) is 0 Å². The first kappa shape index (κ1) is 15.5. The van der Waals surface area contributed by atoms with Crippen LogP contribution in [0.2, 0.25) is 5.15 Å². The Morgan fingerprint density at radius 2 is 1.95 bits per heavy atom. The van der Waals surface area contributed by atoms with Crippen LogP contribution in [0, 0.1) is 0 Å². The summed E-state index contributed by atoms with van der Waals surface area (Å²) in [6, 6.07) is 1.80. The number of rotatable bonds is 5. The third-order valence-electron chi connectivity index (χ3n) is 3.52. The average molecular weight is 297 g/mol. The van der Waals surface area contributed by atoms with Crippen molar-refractivity contribution in [2.24, 2.45) is 0 Å². The maximum atomic E-state index is 6.07. The summed E-state index contributed by atoms with van der Waals surface area (Å²) in [4.78, 5) is 11.4. The topological polar surface area (TPSA) is 41.1 Å². The van der Waals surface area contributed by atoms with E-state index in [-0.39, 0.29) is 5.41 Å². The molecule has 1 aliphatic heterocycles. The molecular weight excluding hydrogens is 272 g/mol. The molecule has 112 valence electrons. The van der Waals surface area contributed by atoms with Crippen molar-refractivity contribution in [3.8, 4) is 0 Å². The fourth-order valence-corrected chi connectivity index (χ4v) is 2.55. The van der Waals surface area contributed by atoms with Gasteiger partial charge in [0.1, 0.15) is 16.8 Å². The lowest BCUT2D eigenvalue weighted by molar-refractivity contribution is 0.337. The first-order valence-corrected chi connectivity index (χ1v) is 7.84. The number of aromatic nitrogens is 2. The molecule has 20 heavy (non-hydrogen) atoms. The quantitative estimate of drug-likeness (QED) is 0.668. The van der Waals surface area contributed by atoms with Gasteiger partial charge in [-0.3, -0.25) is 0 Å². The van der Waals surface area contributed by atoms with Crippen LogP contribution < -0.4 is 5.32 Å². The van der Waals surface area contributed by atoms with E-state index in [9.17, 15) is 0 Å². The van der Waals surface area contributed by atoms with E-state index in [1.807, 2.05) is 0 Å². The maximum Gasteiger partial charge on any atom is 0.137 e. The second kappa shape index (κ2) is 6.72. The zero-order valence-corrected chi connectivity index (χ0v) is 13.5. The van der Waals surface area contributed by atoms with E-state index in [1.54, 1.807) is 6.07 Å². The van der Waals surface area contributed by atoms with Crippen LogP contribution in [-0.2, 0) is 5.41 Å². The van der Waals surface area contributed by atoms with Gasteiger partial charge in [0.2, 0.25) is 0 Å². The molecule has 1 saturated heterocycles. The van der Waals surface area contributed by atoms with Crippen LogP contribution in [0.5, 0.6) is 0 Å². The molecule has 0 bridgehead atoms. The molecular formula is C15H25ClN4. The number of hydrogen-bond donors (Lipinski definition) is 1. The molecule has 0 aliphatic carbocycles. The minimum absolute atomic E-state index is 0.0864. The van der Waals surface area contributed by atoms with Gasteiger partial charge in [0.15, 0.2) is 0 Å². The van der Waals surface area contributed by atoms with Gasteiger partial charge in [-0.1, -0.05) is 32.4 Å². The highest BCUT2D eigenvalue weighted by atomic mass is 35.5. The van der Waals surface area contributed by atoms with Crippen molar-refractivity contribution in [1.29, 1.82) is 0 Å². The Morgan fingerprint density at radius 1 is 1.25 bits per heavy atom. The number of likely N-dealkylation sites (tertiary alicyclic amines) is 1. The van der Waals surface area contributed by atoms with Crippen LogP contribution in [0.25, 0.3) is 0 Å². The molecule has 4 nitrogen and oxygen atoms in total. The molecule has 5 heteroatoms. The predicted molar refractivity (Wildman–Crippen MR) is 84.5 cm³/mol. The van der Waals surface area contributed by atoms with Crippen molar-refractivity contribution in [2.45, 2.75) is 45.4 Å². The van der Waals surface area contributed by atoms with Gasteiger partial charge in [-0.05, 0) is 38.9 Å². The highest BCUT2D eigenvalue weighted by molar-refractivity contribution is 6.29. The Morgan fingerprint density at radius 3 is 2.60 bits per heavy atom. The van der Waals surface area contributed by atoms with Gasteiger partial charge >= 0.3 is 0 Å². The number of halogens is 1. The fourth-order valence-electron chi connectivity index (χ4n) is 2.37. The number of hydrogen-bond acceptors (Lipinski definition) is 4. The van der Waals surface area contributed by atoms with Crippen molar-refractivity contribution in [3.63, 3.8) is 0 Å². The number of nitrogens with one attached hydrogen (secondary N) is 1. The predicted octanol–water partition coefficient (Wildman–Crippen LogP) is 3.33. The van der Waals surface area contributed by atoms with E-state index < -0.39 is 0 Å². The molecule has 1 N–H and O–H groups in total. The lowest BCUT2D eigenvalue weighted by Crippen LogP contribution is -2.22. The third-order valence-corrected chi connectivity index (χ3v) is 3.72. The van der Waals surface area contributed by atoms with Gasteiger partial charge in [-0.25, -0.2) is 9.97 Å². The summed E-state index contributed by atoms with van der Waals surface area (Å²) in [6.07, 6.45) is 3.83. The molecule has 1 aliphatic rings. The number of anilines is 1. The van der Waals surface area contributed by atoms with Crippen molar-refractivity contribution in [3.05, 3.63) is 17.0 Å². The first-order chi connectivity index (χ1) is 9.45. The molecule has 0 spiro atoms. The minimum atomic E-state index is -0.0864. The van der Waals surface area contributed by atoms with Gasteiger partial charge in [0.25, 0.3) is 0 Å². The standard InChI is InChI=1S/C15H25ClN4/c1-15(2,3)14-18-12(16)11-13(19-14)17-7-6-10-20-8-4-5-9-20/h11H,4-10H2,1-3H3,(H,17,18,19). The molecule has 2 rings (SSSR count). The molecule has 0 atom stereocenters. The summed E-state index contributed by atoms with van der Waals surface area (Å²) in [5, 5.41) is 3.87. The van der Waals surface area contributed by atoms with E-state index in [4.69, 9.17) is 11.6 Å². The second-order valence-electron chi connectivity index (χ2n) is 6.48. The summed E-state index contributed by atoms with van der Waals surface area (Å²) in [6.45, 7) is 10.9. The molecule has 0 unspecified atom stereocenters. The minimum Gasteiger partial charge on any atom is -0.370 e. The molecule has 1 aromatic rings.